The summed E-state index contributed by atoms with van der Waals surface area (Å²) in [6, 6.07) is 8.42. The number of amides is 1. The van der Waals surface area contributed by atoms with Gasteiger partial charge in [0.2, 0.25) is 5.82 Å². The number of carbonyl (C=O) groups is 2. The molecule has 0 aliphatic heterocycles. The predicted molar refractivity (Wildman–Crippen MR) is 94.0 cm³/mol. The molecule has 1 aromatic carbocycles. The molecule has 0 fully saturated rings. The van der Waals surface area contributed by atoms with Crippen LogP contribution in [-0.4, -0.2) is 36.4 Å². The molecule has 0 radical (unpaired) electrons. The number of esters is 1. The molecule has 8 nitrogen and oxygen atoms in total. The van der Waals surface area contributed by atoms with Gasteiger partial charge in [-0.05, 0) is 23.6 Å². The van der Waals surface area contributed by atoms with Gasteiger partial charge in [-0.15, -0.1) is 0 Å². The van der Waals surface area contributed by atoms with Crippen molar-refractivity contribution in [3.05, 3.63) is 52.5 Å². The van der Waals surface area contributed by atoms with Crippen molar-refractivity contribution in [2.24, 2.45) is 0 Å². The van der Waals surface area contributed by atoms with E-state index in [-0.39, 0.29) is 18.1 Å². The van der Waals surface area contributed by atoms with Gasteiger partial charge in [-0.1, -0.05) is 17.3 Å². The second-order valence-corrected chi connectivity index (χ2v) is 5.93. The second-order valence-electron chi connectivity index (χ2n) is 5.15. The van der Waals surface area contributed by atoms with Gasteiger partial charge in [0.15, 0.2) is 6.61 Å². The molecule has 26 heavy (non-hydrogen) atoms. The minimum absolute atomic E-state index is 0.174. The number of methoxy groups -OCH3 is 1. The van der Waals surface area contributed by atoms with E-state index in [0.29, 0.717) is 11.5 Å². The lowest BCUT2D eigenvalue weighted by molar-refractivity contribution is 0.0430. The third-order valence-corrected chi connectivity index (χ3v) is 4.19. The van der Waals surface area contributed by atoms with Gasteiger partial charge in [0, 0.05) is 18.0 Å². The Bertz CT molecular complexity index is 907. The van der Waals surface area contributed by atoms with E-state index in [0.717, 1.165) is 5.56 Å². The van der Waals surface area contributed by atoms with Gasteiger partial charge in [-0.25, -0.2) is 9.59 Å². The first kappa shape index (κ1) is 17.6. The molecule has 0 unspecified atom stereocenters. The van der Waals surface area contributed by atoms with Gasteiger partial charge in [0.25, 0.3) is 5.89 Å². The van der Waals surface area contributed by atoms with Crippen molar-refractivity contribution in [2.75, 3.05) is 19.1 Å². The van der Waals surface area contributed by atoms with E-state index in [2.05, 4.69) is 14.9 Å². The lowest BCUT2D eigenvalue weighted by Crippen LogP contribution is -2.27. The van der Waals surface area contributed by atoms with Crippen LogP contribution in [0.2, 0.25) is 0 Å². The molecule has 0 saturated carbocycles. The Morgan fingerprint density at radius 3 is 2.81 bits per heavy atom. The zero-order chi connectivity index (χ0) is 18.5. The first-order valence-electron chi connectivity index (χ1n) is 7.53. The predicted octanol–water partition coefficient (Wildman–Crippen LogP) is 3.36. The maximum Gasteiger partial charge on any atom is 0.413 e. The van der Waals surface area contributed by atoms with Crippen LogP contribution in [0, 0.1) is 0 Å². The molecule has 1 amide bonds. The number of thiophene rings is 1. The van der Waals surface area contributed by atoms with Gasteiger partial charge in [-0.3, -0.25) is 4.90 Å². The third-order valence-electron chi connectivity index (χ3n) is 3.51. The first-order valence-corrected chi connectivity index (χ1v) is 8.47. The van der Waals surface area contributed by atoms with Crippen LogP contribution in [-0.2, 0) is 16.1 Å². The van der Waals surface area contributed by atoms with E-state index in [4.69, 9.17) is 9.26 Å². The van der Waals surface area contributed by atoms with Crippen LogP contribution in [0.3, 0.4) is 0 Å². The van der Waals surface area contributed by atoms with E-state index in [1.807, 2.05) is 16.8 Å². The molecule has 0 bridgehead atoms. The standard InChI is InChI=1S/C17H15N3O5S/c1-20(17(22)23-2)13-6-4-3-5-12(13)16(21)24-9-14-18-15(19-25-14)11-7-8-26-10-11/h3-8,10H,9H2,1-2H3. The highest BCUT2D eigenvalue weighted by Crippen LogP contribution is 2.22. The van der Waals surface area contributed by atoms with Crippen LogP contribution in [0.25, 0.3) is 11.4 Å². The second kappa shape index (κ2) is 7.79. The fourth-order valence-electron chi connectivity index (χ4n) is 2.20. The van der Waals surface area contributed by atoms with Gasteiger partial charge in [0.1, 0.15) is 0 Å². The van der Waals surface area contributed by atoms with Gasteiger partial charge in [-0.2, -0.15) is 16.3 Å². The quantitative estimate of drug-likeness (QED) is 0.633. The molecular formula is C17H15N3O5S. The third kappa shape index (κ3) is 3.72. The van der Waals surface area contributed by atoms with Crippen LogP contribution in [0.5, 0.6) is 0 Å². The van der Waals surface area contributed by atoms with E-state index >= 15 is 0 Å². The zero-order valence-corrected chi connectivity index (χ0v) is 14.9. The molecule has 2 heterocycles. The average molecular weight is 373 g/mol. The smallest absolute Gasteiger partial charge is 0.413 e. The Hall–Kier alpha value is -3.20. The molecule has 0 atom stereocenters. The number of hydrogen-bond donors (Lipinski definition) is 0. The largest absolute Gasteiger partial charge is 0.452 e. The highest BCUT2D eigenvalue weighted by molar-refractivity contribution is 7.08. The number of carbonyl (C=O) groups excluding carboxylic acids is 2. The molecule has 0 spiro atoms. The number of nitrogens with zero attached hydrogens (tertiary/aromatic N) is 3. The molecule has 0 N–H and O–H groups in total. The number of anilines is 1. The van der Waals surface area contributed by atoms with E-state index < -0.39 is 12.1 Å². The van der Waals surface area contributed by atoms with Crippen molar-refractivity contribution < 1.29 is 23.6 Å². The molecule has 0 aliphatic rings. The van der Waals surface area contributed by atoms with Crippen LogP contribution in [0.1, 0.15) is 16.2 Å². The van der Waals surface area contributed by atoms with Crippen molar-refractivity contribution in [1.29, 1.82) is 0 Å². The van der Waals surface area contributed by atoms with Crippen molar-refractivity contribution in [2.45, 2.75) is 6.61 Å². The molecule has 2 aromatic heterocycles. The molecule has 9 heteroatoms. The number of hydrogen-bond acceptors (Lipinski definition) is 8. The van der Waals surface area contributed by atoms with Crippen molar-refractivity contribution in [1.82, 2.24) is 10.1 Å². The highest BCUT2D eigenvalue weighted by Gasteiger charge is 2.20. The molecule has 0 saturated heterocycles. The van der Waals surface area contributed by atoms with Crippen LogP contribution in [0.4, 0.5) is 10.5 Å². The first-order chi connectivity index (χ1) is 12.6. The average Bonchev–Trinajstić information content (AvgIpc) is 3.36. The molecule has 0 aliphatic carbocycles. The summed E-state index contributed by atoms with van der Waals surface area (Å²) in [6.45, 7) is -0.174. The number of rotatable bonds is 5. The Balaban J connectivity index is 1.70. The number of aromatic nitrogens is 2. The summed E-state index contributed by atoms with van der Waals surface area (Å²) < 4.78 is 15.0. The number of ether oxygens (including phenoxy) is 2. The summed E-state index contributed by atoms with van der Waals surface area (Å²) in [6.07, 6.45) is -0.595. The maximum absolute atomic E-state index is 12.4. The van der Waals surface area contributed by atoms with E-state index in [1.165, 1.54) is 30.4 Å². The van der Waals surface area contributed by atoms with E-state index in [9.17, 15) is 9.59 Å². The normalized spacial score (nSPS) is 10.4. The van der Waals surface area contributed by atoms with Crippen LogP contribution >= 0.6 is 11.3 Å². The fourth-order valence-corrected chi connectivity index (χ4v) is 2.84. The summed E-state index contributed by atoms with van der Waals surface area (Å²) in [5.41, 5.74) is 1.42. The van der Waals surface area contributed by atoms with Gasteiger partial charge >= 0.3 is 12.1 Å². The molecule has 134 valence electrons. The number of para-hydroxylation sites is 1. The SMILES string of the molecule is COC(=O)N(C)c1ccccc1C(=O)OCc1nc(-c2ccsc2)no1. The zero-order valence-electron chi connectivity index (χ0n) is 14.0. The molecule has 3 rings (SSSR count). The van der Waals surface area contributed by atoms with Crippen molar-refractivity contribution >= 4 is 29.1 Å². The molecular weight excluding hydrogens is 358 g/mol. The topological polar surface area (TPSA) is 94.8 Å². The number of benzene rings is 1. The monoisotopic (exact) mass is 373 g/mol. The summed E-state index contributed by atoms with van der Waals surface area (Å²) >= 11 is 1.52. The Labute approximate surface area is 153 Å². The van der Waals surface area contributed by atoms with Gasteiger partial charge in [0.05, 0.1) is 18.4 Å². The lowest BCUT2D eigenvalue weighted by atomic mass is 10.1. The summed E-state index contributed by atoms with van der Waals surface area (Å²) in [4.78, 5) is 29.5. The minimum atomic E-state index is -0.619. The van der Waals surface area contributed by atoms with Crippen molar-refractivity contribution in [3.8, 4) is 11.4 Å². The summed E-state index contributed by atoms with van der Waals surface area (Å²) in [7, 11) is 2.77. The van der Waals surface area contributed by atoms with E-state index in [1.54, 1.807) is 24.3 Å². The van der Waals surface area contributed by atoms with Crippen LogP contribution < -0.4 is 4.90 Å². The Morgan fingerprint density at radius 2 is 2.08 bits per heavy atom. The lowest BCUT2D eigenvalue weighted by Gasteiger charge is -2.18. The Morgan fingerprint density at radius 1 is 1.27 bits per heavy atom. The van der Waals surface area contributed by atoms with Gasteiger partial charge < -0.3 is 14.0 Å². The highest BCUT2D eigenvalue weighted by atomic mass is 32.1. The van der Waals surface area contributed by atoms with Crippen molar-refractivity contribution in [3.63, 3.8) is 0 Å². The Kier molecular flexibility index (Phi) is 5.28. The molecule has 3 aromatic rings. The fraction of sp³-hybridized carbons (Fsp3) is 0.176. The van der Waals surface area contributed by atoms with Crippen LogP contribution in [0.15, 0.2) is 45.6 Å². The minimum Gasteiger partial charge on any atom is -0.452 e. The summed E-state index contributed by atoms with van der Waals surface area (Å²) in [5, 5.41) is 7.64. The maximum atomic E-state index is 12.4. The summed E-state index contributed by atoms with van der Waals surface area (Å²) in [5.74, 6) is -0.00638.